The van der Waals surface area contributed by atoms with Gasteiger partial charge < -0.3 is 5.73 Å². The summed E-state index contributed by atoms with van der Waals surface area (Å²) in [5, 5.41) is 0. The number of nitrogens with zero attached hydrogens (tertiary/aromatic N) is 3. The lowest BCUT2D eigenvalue weighted by molar-refractivity contribution is 0.0975. The van der Waals surface area contributed by atoms with Crippen molar-refractivity contribution in [2.24, 2.45) is 5.92 Å². The number of anilines is 1. The second-order valence-corrected chi connectivity index (χ2v) is 6.96. The molecule has 1 fully saturated rings. The Morgan fingerprint density at radius 3 is 2.70 bits per heavy atom. The number of carbonyl (C=O) groups excluding carboxylic acids is 2. The normalized spacial score (nSPS) is 13.5. The van der Waals surface area contributed by atoms with Gasteiger partial charge in [-0.3, -0.25) is 19.1 Å². The van der Waals surface area contributed by atoms with Gasteiger partial charge in [-0.2, -0.15) is 0 Å². The maximum Gasteiger partial charge on any atom is 0.233 e. The molecule has 1 saturated carbocycles. The molecule has 2 heterocycles. The largest absolute Gasteiger partial charge is 0.383 e. The molecular weight excluding hydrogens is 340 g/mol. The molecule has 4 rings (SSSR count). The van der Waals surface area contributed by atoms with E-state index in [-0.39, 0.29) is 23.1 Å². The first-order valence-electron chi connectivity index (χ1n) is 8.97. The van der Waals surface area contributed by atoms with Gasteiger partial charge in [-0.05, 0) is 49.4 Å². The van der Waals surface area contributed by atoms with Gasteiger partial charge in [0.1, 0.15) is 17.8 Å². The van der Waals surface area contributed by atoms with Gasteiger partial charge in [-0.25, -0.2) is 4.98 Å². The summed E-state index contributed by atoms with van der Waals surface area (Å²) in [5.74, 6) is 0.580. The number of aromatic nitrogens is 3. The van der Waals surface area contributed by atoms with Crippen LogP contribution in [0.1, 0.15) is 51.4 Å². The maximum absolute atomic E-state index is 12.6. The fourth-order valence-corrected chi connectivity index (χ4v) is 3.09. The Balaban J connectivity index is 1.68. The van der Waals surface area contributed by atoms with Crippen molar-refractivity contribution in [1.29, 1.82) is 0 Å². The molecule has 0 unspecified atom stereocenters. The first-order valence-corrected chi connectivity index (χ1v) is 8.97. The van der Waals surface area contributed by atoms with Crippen molar-refractivity contribution >= 4 is 17.4 Å². The molecule has 136 valence electrons. The lowest BCUT2D eigenvalue weighted by Crippen LogP contribution is -2.10. The molecule has 2 N–H and O–H groups in total. The number of hydrogen-bond donors (Lipinski definition) is 1. The lowest BCUT2D eigenvalue weighted by Gasteiger charge is -2.11. The van der Waals surface area contributed by atoms with E-state index in [1.165, 1.54) is 6.33 Å². The predicted octanol–water partition coefficient (Wildman–Crippen LogP) is 3.37. The number of carbonyl (C=O) groups is 2. The smallest absolute Gasteiger partial charge is 0.233 e. The van der Waals surface area contributed by atoms with Gasteiger partial charge in [0, 0.05) is 18.2 Å². The number of hydrogen-bond acceptors (Lipinski definition) is 5. The molecule has 0 spiro atoms. The van der Waals surface area contributed by atoms with Crippen molar-refractivity contribution in [1.82, 2.24) is 14.5 Å². The number of Topliss-reactive ketones (excluding diaryl/α,β-unsaturated/α-hetero) is 1. The van der Waals surface area contributed by atoms with Gasteiger partial charge in [-0.1, -0.05) is 18.2 Å². The Morgan fingerprint density at radius 1 is 1.19 bits per heavy atom. The zero-order valence-electron chi connectivity index (χ0n) is 15.1. The highest BCUT2D eigenvalue weighted by atomic mass is 16.1. The fourth-order valence-electron chi connectivity index (χ4n) is 3.09. The average Bonchev–Trinajstić information content (AvgIpc) is 3.42. The summed E-state index contributed by atoms with van der Waals surface area (Å²) in [6.45, 7) is 1.93. The molecule has 0 aliphatic heterocycles. The minimum absolute atomic E-state index is 0.141. The SMILES string of the molecule is Cc1ccc(C(=O)CC2CC2)cc1-n1cnc(C(=O)c2ccccn2)c1N. The molecule has 0 atom stereocenters. The zero-order chi connectivity index (χ0) is 19.0. The summed E-state index contributed by atoms with van der Waals surface area (Å²) >= 11 is 0. The predicted molar refractivity (Wildman–Crippen MR) is 102 cm³/mol. The number of ketones is 2. The first kappa shape index (κ1) is 17.1. The van der Waals surface area contributed by atoms with Crippen LogP contribution >= 0.6 is 0 Å². The molecule has 3 aromatic rings. The van der Waals surface area contributed by atoms with Crippen molar-refractivity contribution in [2.75, 3.05) is 5.73 Å². The Morgan fingerprint density at radius 2 is 2.00 bits per heavy atom. The number of aryl methyl sites for hydroxylation is 1. The molecule has 6 nitrogen and oxygen atoms in total. The molecule has 0 saturated heterocycles. The molecule has 0 bridgehead atoms. The topological polar surface area (TPSA) is 90.9 Å². The van der Waals surface area contributed by atoms with E-state index in [4.69, 9.17) is 5.73 Å². The van der Waals surface area contributed by atoms with Crippen LogP contribution in [0.5, 0.6) is 0 Å². The highest BCUT2D eigenvalue weighted by Gasteiger charge is 2.25. The molecule has 1 aliphatic rings. The average molecular weight is 360 g/mol. The summed E-state index contributed by atoms with van der Waals surface area (Å²) in [6.07, 6.45) is 5.93. The van der Waals surface area contributed by atoms with Crippen molar-refractivity contribution in [2.45, 2.75) is 26.2 Å². The molecule has 0 radical (unpaired) electrons. The highest BCUT2D eigenvalue weighted by molar-refractivity contribution is 6.09. The lowest BCUT2D eigenvalue weighted by atomic mass is 10.0. The second kappa shape index (κ2) is 6.79. The molecule has 27 heavy (non-hydrogen) atoms. The third-order valence-corrected chi connectivity index (χ3v) is 4.88. The summed E-state index contributed by atoms with van der Waals surface area (Å²) in [6, 6.07) is 10.7. The van der Waals surface area contributed by atoms with Crippen LogP contribution in [-0.4, -0.2) is 26.1 Å². The number of imidazole rings is 1. The van der Waals surface area contributed by atoms with Crippen LogP contribution in [-0.2, 0) is 0 Å². The monoisotopic (exact) mass is 360 g/mol. The van der Waals surface area contributed by atoms with E-state index in [0.29, 0.717) is 23.6 Å². The number of nitrogen functional groups attached to an aromatic ring is 1. The van der Waals surface area contributed by atoms with E-state index >= 15 is 0 Å². The van der Waals surface area contributed by atoms with E-state index in [1.807, 2.05) is 25.1 Å². The molecule has 1 aromatic carbocycles. The highest BCUT2D eigenvalue weighted by Crippen LogP contribution is 2.34. The number of pyridine rings is 1. The molecule has 1 aliphatic carbocycles. The van der Waals surface area contributed by atoms with Gasteiger partial charge in [0.05, 0.1) is 5.69 Å². The van der Waals surface area contributed by atoms with Gasteiger partial charge in [0.15, 0.2) is 11.5 Å². The Kier molecular flexibility index (Phi) is 4.32. The van der Waals surface area contributed by atoms with Crippen LogP contribution < -0.4 is 5.73 Å². The summed E-state index contributed by atoms with van der Waals surface area (Å²) < 4.78 is 1.65. The third kappa shape index (κ3) is 3.38. The van der Waals surface area contributed by atoms with Crippen molar-refractivity contribution in [3.63, 3.8) is 0 Å². The van der Waals surface area contributed by atoms with Crippen LogP contribution in [0.25, 0.3) is 5.69 Å². The molecule has 2 aromatic heterocycles. The number of rotatable bonds is 6. The van der Waals surface area contributed by atoms with Crippen molar-refractivity contribution in [3.8, 4) is 5.69 Å². The molecule has 0 amide bonds. The van der Waals surface area contributed by atoms with Crippen LogP contribution in [0.2, 0.25) is 0 Å². The van der Waals surface area contributed by atoms with Gasteiger partial charge in [-0.15, -0.1) is 0 Å². The molecule has 6 heteroatoms. The van der Waals surface area contributed by atoms with Crippen LogP contribution in [0.3, 0.4) is 0 Å². The summed E-state index contributed by atoms with van der Waals surface area (Å²) in [5.41, 5.74) is 9.03. The molecular formula is C21H20N4O2. The van der Waals surface area contributed by atoms with E-state index in [2.05, 4.69) is 9.97 Å². The maximum atomic E-state index is 12.6. The Bertz CT molecular complexity index is 1020. The van der Waals surface area contributed by atoms with E-state index < -0.39 is 0 Å². The quantitative estimate of drug-likeness (QED) is 0.681. The van der Waals surface area contributed by atoms with Crippen molar-refractivity contribution < 1.29 is 9.59 Å². The third-order valence-electron chi connectivity index (χ3n) is 4.88. The van der Waals surface area contributed by atoms with Gasteiger partial charge in [0.2, 0.25) is 5.78 Å². The fraction of sp³-hybridized carbons (Fsp3) is 0.238. The summed E-state index contributed by atoms with van der Waals surface area (Å²) in [7, 11) is 0. The Hall–Kier alpha value is -3.28. The van der Waals surface area contributed by atoms with Gasteiger partial charge >= 0.3 is 0 Å². The van der Waals surface area contributed by atoms with Crippen LogP contribution in [0.4, 0.5) is 5.82 Å². The standard InChI is InChI=1S/C21H20N4O2/c1-13-5-8-15(18(26)10-14-6-7-14)11-17(13)25-12-24-19(21(25)22)20(27)16-4-2-3-9-23-16/h2-5,8-9,11-12,14H,6-7,10,22H2,1H3. The van der Waals surface area contributed by atoms with Gasteiger partial charge in [0.25, 0.3) is 0 Å². The van der Waals surface area contributed by atoms with Crippen LogP contribution in [0, 0.1) is 12.8 Å². The van der Waals surface area contributed by atoms with E-state index in [1.54, 1.807) is 29.0 Å². The summed E-state index contributed by atoms with van der Waals surface area (Å²) in [4.78, 5) is 33.4. The van der Waals surface area contributed by atoms with Crippen LogP contribution in [0.15, 0.2) is 48.9 Å². The number of nitrogens with two attached hydrogens (primary N) is 1. The Labute approximate surface area is 157 Å². The minimum atomic E-state index is -0.328. The zero-order valence-corrected chi connectivity index (χ0v) is 15.1. The second-order valence-electron chi connectivity index (χ2n) is 6.96. The van der Waals surface area contributed by atoms with E-state index in [0.717, 1.165) is 24.1 Å². The first-order chi connectivity index (χ1) is 13.0. The van der Waals surface area contributed by atoms with E-state index in [9.17, 15) is 9.59 Å². The minimum Gasteiger partial charge on any atom is -0.383 e. The number of benzene rings is 1. The van der Waals surface area contributed by atoms with Crippen molar-refractivity contribution in [3.05, 3.63) is 71.4 Å².